The monoisotopic (exact) mass is 611 g/mol. The zero-order valence-corrected chi connectivity index (χ0v) is 24.8. The van der Waals surface area contributed by atoms with Gasteiger partial charge in [0.1, 0.15) is 35.7 Å². The molecule has 0 saturated heterocycles. The molecule has 230 valence electrons. The van der Waals surface area contributed by atoms with Crippen LogP contribution in [-0.4, -0.2) is 56.3 Å². The van der Waals surface area contributed by atoms with Crippen molar-refractivity contribution in [1.29, 1.82) is 0 Å². The van der Waals surface area contributed by atoms with Crippen LogP contribution in [0.3, 0.4) is 0 Å². The molecule has 0 saturated carbocycles. The highest BCUT2D eigenvalue weighted by atomic mass is 19.1. The normalized spacial score (nSPS) is 12.8. The van der Waals surface area contributed by atoms with Crippen molar-refractivity contribution >= 4 is 34.9 Å². The molecule has 1 N–H and O–H groups in total. The molecule has 0 spiro atoms. The molecule has 0 fully saturated rings. The standard InChI is InChI=1S/C34H30FN3O7/c1-43-24-14-8-21(9-15-24)19-38(30(39)20-37-28-7-5-4-6-26(28)32(40)34(37)42)31(22-10-12-23(35)13-11-22)33(41)36-27-17-16-25(44-2)18-29(27)45-3/h4-18,31H,19-20H2,1-3H3,(H,36,41). The van der Waals surface area contributed by atoms with E-state index in [0.29, 0.717) is 39.8 Å². The summed E-state index contributed by atoms with van der Waals surface area (Å²) in [6.45, 7) is -0.593. The number of Topliss-reactive ketones (excluding diaryl/α,β-unsaturated/α-hetero) is 1. The first-order valence-corrected chi connectivity index (χ1v) is 13.9. The predicted molar refractivity (Wildman–Crippen MR) is 164 cm³/mol. The number of methoxy groups -OCH3 is 3. The van der Waals surface area contributed by atoms with Crippen LogP contribution in [0.25, 0.3) is 0 Å². The molecule has 1 heterocycles. The van der Waals surface area contributed by atoms with Crippen LogP contribution in [0.5, 0.6) is 17.2 Å². The van der Waals surface area contributed by atoms with E-state index in [1.807, 2.05) is 0 Å². The molecule has 3 amide bonds. The lowest BCUT2D eigenvalue weighted by Gasteiger charge is -2.33. The maximum absolute atomic E-state index is 14.2. The summed E-state index contributed by atoms with van der Waals surface area (Å²) < 4.78 is 30.0. The summed E-state index contributed by atoms with van der Waals surface area (Å²) in [5.41, 5.74) is 1.76. The number of ketones is 1. The minimum Gasteiger partial charge on any atom is -0.497 e. The van der Waals surface area contributed by atoms with E-state index < -0.39 is 41.9 Å². The maximum Gasteiger partial charge on any atom is 0.299 e. The number of hydrogen-bond donors (Lipinski definition) is 1. The molecular formula is C34H30FN3O7. The first-order valence-electron chi connectivity index (χ1n) is 13.9. The van der Waals surface area contributed by atoms with Crippen molar-refractivity contribution in [3.63, 3.8) is 0 Å². The molecule has 1 aliphatic rings. The van der Waals surface area contributed by atoms with Crippen molar-refractivity contribution in [1.82, 2.24) is 4.90 Å². The van der Waals surface area contributed by atoms with E-state index in [9.17, 15) is 23.6 Å². The summed E-state index contributed by atoms with van der Waals surface area (Å²) in [6.07, 6.45) is 0. The fourth-order valence-electron chi connectivity index (χ4n) is 5.10. The maximum atomic E-state index is 14.2. The van der Waals surface area contributed by atoms with Gasteiger partial charge in [0, 0.05) is 12.6 Å². The van der Waals surface area contributed by atoms with Gasteiger partial charge in [-0.2, -0.15) is 0 Å². The molecule has 1 unspecified atom stereocenters. The van der Waals surface area contributed by atoms with Gasteiger partial charge in [-0.1, -0.05) is 36.4 Å². The van der Waals surface area contributed by atoms with Gasteiger partial charge in [-0.3, -0.25) is 24.1 Å². The van der Waals surface area contributed by atoms with Gasteiger partial charge in [-0.05, 0) is 59.7 Å². The molecule has 0 bridgehead atoms. The van der Waals surface area contributed by atoms with Crippen LogP contribution in [0.15, 0.2) is 91.0 Å². The lowest BCUT2D eigenvalue weighted by Crippen LogP contribution is -2.46. The number of amides is 3. The summed E-state index contributed by atoms with van der Waals surface area (Å²) in [5, 5.41) is 2.83. The summed E-state index contributed by atoms with van der Waals surface area (Å²) in [6, 6.07) is 22.1. The number of anilines is 2. The van der Waals surface area contributed by atoms with Crippen molar-refractivity contribution in [2.45, 2.75) is 12.6 Å². The largest absolute Gasteiger partial charge is 0.497 e. The molecule has 5 rings (SSSR count). The Morgan fingerprint density at radius 1 is 0.844 bits per heavy atom. The van der Waals surface area contributed by atoms with Crippen LogP contribution >= 0.6 is 0 Å². The van der Waals surface area contributed by atoms with Crippen LogP contribution in [0.1, 0.15) is 27.5 Å². The topological polar surface area (TPSA) is 114 Å². The van der Waals surface area contributed by atoms with E-state index in [0.717, 1.165) is 4.90 Å². The van der Waals surface area contributed by atoms with Gasteiger partial charge in [0.2, 0.25) is 5.91 Å². The quantitative estimate of drug-likeness (QED) is 0.243. The van der Waals surface area contributed by atoms with Crippen LogP contribution < -0.4 is 24.4 Å². The van der Waals surface area contributed by atoms with Crippen molar-refractivity contribution in [3.8, 4) is 17.2 Å². The number of nitrogens with zero attached hydrogens (tertiary/aromatic N) is 2. The number of ether oxygens (including phenoxy) is 3. The molecule has 0 aromatic heterocycles. The zero-order valence-electron chi connectivity index (χ0n) is 24.8. The Balaban J connectivity index is 1.56. The Morgan fingerprint density at radius 2 is 1.51 bits per heavy atom. The summed E-state index contributed by atoms with van der Waals surface area (Å²) >= 11 is 0. The van der Waals surface area contributed by atoms with E-state index in [1.54, 1.807) is 60.7 Å². The van der Waals surface area contributed by atoms with Gasteiger partial charge in [0.15, 0.2) is 0 Å². The highest BCUT2D eigenvalue weighted by molar-refractivity contribution is 6.52. The molecular weight excluding hydrogens is 581 g/mol. The van der Waals surface area contributed by atoms with Crippen molar-refractivity contribution in [2.24, 2.45) is 0 Å². The van der Waals surface area contributed by atoms with Gasteiger partial charge in [-0.25, -0.2) is 4.39 Å². The van der Waals surface area contributed by atoms with Crippen LogP contribution in [-0.2, 0) is 20.9 Å². The second-order valence-electron chi connectivity index (χ2n) is 10.1. The van der Waals surface area contributed by atoms with E-state index in [4.69, 9.17) is 14.2 Å². The SMILES string of the molecule is COc1ccc(CN(C(=O)CN2C(=O)C(=O)c3ccccc32)C(C(=O)Nc2ccc(OC)cc2OC)c2ccc(F)cc2)cc1. The van der Waals surface area contributed by atoms with Crippen LogP contribution in [0.2, 0.25) is 0 Å². The molecule has 1 atom stereocenters. The Morgan fingerprint density at radius 3 is 2.18 bits per heavy atom. The van der Waals surface area contributed by atoms with Gasteiger partial charge < -0.3 is 24.4 Å². The van der Waals surface area contributed by atoms with E-state index in [2.05, 4.69) is 5.32 Å². The number of benzene rings is 4. The van der Waals surface area contributed by atoms with E-state index in [1.165, 1.54) is 56.6 Å². The second kappa shape index (κ2) is 13.3. The van der Waals surface area contributed by atoms with Crippen molar-refractivity contribution < 1.29 is 37.8 Å². The summed E-state index contributed by atoms with van der Waals surface area (Å²) in [7, 11) is 4.46. The number of nitrogens with one attached hydrogen (secondary N) is 1. The Kier molecular flexibility index (Phi) is 9.08. The summed E-state index contributed by atoms with van der Waals surface area (Å²) in [5.74, 6) is -1.95. The highest BCUT2D eigenvalue weighted by Crippen LogP contribution is 2.33. The Hall–Kier alpha value is -5.71. The number of carbonyl (C=O) groups excluding carboxylic acids is 4. The first kappa shape index (κ1) is 30.7. The van der Waals surface area contributed by atoms with Crippen LogP contribution in [0.4, 0.5) is 15.8 Å². The lowest BCUT2D eigenvalue weighted by molar-refractivity contribution is -0.139. The van der Waals surface area contributed by atoms with Gasteiger partial charge in [0.25, 0.3) is 17.6 Å². The third-order valence-corrected chi connectivity index (χ3v) is 7.42. The second-order valence-corrected chi connectivity index (χ2v) is 10.1. The number of para-hydroxylation sites is 1. The average molecular weight is 612 g/mol. The van der Waals surface area contributed by atoms with E-state index >= 15 is 0 Å². The van der Waals surface area contributed by atoms with E-state index in [-0.39, 0.29) is 12.1 Å². The number of halogens is 1. The zero-order chi connectivity index (χ0) is 32.1. The van der Waals surface area contributed by atoms with Crippen LogP contribution in [0, 0.1) is 5.82 Å². The smallest absolute Gasteiger partial charge is 0.299 e. The fourth-order valence-corrected chi connectivity index (χ4v) is 5.10. The number of hydrogen-bond acceptors (Lipinski definition) is 7. The first-order chi connectivity index (χ1) is 21.7. The van der Waals surface area contributed by atoms with Crippen molar-refractivity contribution in [3.05, 3.63) is 114 Å². The number of carbonyl (C=O) groups is 4. The molecule has 10 nitrogen and oxygen atoms in total. The Bertz CT molecular complexity index is 1740. The third kappa shape index (κ3) is 6.47. The fraction of sp³-hybridized carbons (Fsp3) is 0.176. The molecule has 4 aromatic carbocycles. The van der Waals surface area contributed by atoms with Gasteiger partial charge in [0.05, 0.1) is 38.3 Å². The highest BCUT2D eigenvalue weighted by Gasteiger charge is 2.39. The lowest BCUT2D eigenvalue weighted by atomic mass is 10.0. The Labute approximate surface area is 258 Å². The molecule has 0 aliphatic carbocycles. The van der Waals surface area contributed by atoms with Gasteiger partial charge >= 0.3 is 0 Å². The molecule has 11 heteroatoms. The summed E-state index contributed by atoms with van der Waals surface area (Å²) in [4.78, 5) is 56.4. The predicted octanol–water partition coefficient (Wildman–Crippen LogP) is 4.79. The van der Waals surface area contributed by atoms with Gasteiger partial charge in [-0.15, -0.1) is 0 Å². The van der Waals surface area contributed by atoms with Crippen molar-refractivity contribution in [2.75, 3.05) is 38.1 Å². The minimum atomic E-state index is -1.30. The number of rotatable bonds is 11. The molecule has 0 radical (unpaired) electrons. The average Bonchev–Trinajstić information content (AvgIpc) is 3.30. The third-order valence-electron chi connectivity index (χ3n) is 7.42. The molecule has 45 heavy (non-hydrogen) atoms. The molecule has 4 aromatic rings. The number of fused-ring (bicyclic) bond motifs is 1. The minimum absolute atomic E-state index is 0.0737. The molecule has 1 aliphatic heterocycles.